The Balaban J connectivity index is 3.70. The van der Waals surface area contributed by atoms with Gasteiger partial charge in [-0.2, -0.15) is 0 Å². The van der Waals surface area contributed by atoms with Gasteiger partial charge in [0.2, 0.25) is 5.91 Å². The van der Waals surface area contributed by atoms with Gasteiger partial charge in [0.05, 0.1) is 0 Å². The van der Waals surface area contributed by atoms with Gasteiger partial charge in [0.25, 0.3) is 5.91 Å². The zero-order valence-corrected chi connectivity index (χ0v) is 11.4. The van der Waals surface area contributed by atoms with Gasteiger partial charge < -0.3 is 20.5 Å². The summed E-state index contributed by atoms with van der Waals surface area (Å²) in [5.74, 6) is -2.19. The van der Waals surface area contributed by atoms with Crippen LogP contribution in [0.5, 0.6) is 0 Å². The van der Waals surface area contributed by atoms with Gasteiger partial charge in [-0.25, -0.2) is 9.59 Å². The minimum absolute atomic E-state index is 0.0179. The van der Waals surface area contributed by atoms with Gasteiger partial charge in [-0.1, -0.05) is 0 Å². The number of hydrogen-bond donors (Lipinski definition) is 4. The third-order valence-corrected chi connectivity index (χ3v) is 1.80. The molecule has 0 heterocycles. The highest BCUT2D eigenvalue weighted by molar-refractivity contribution is 5.95. The Bertz CT molecular complexity index is 369. The predicted octanol–water partition coefficient (Wildman–Crippen LogP) is -1.17. The summed E-state index contributed by atoms with van der Waals surface area (Å²) in [4.78, 5) is 43.7. The van der Waals surface area contributed by atoms with Crippen molar-refractivity contribution in [3.05, 3.63) is 0 Å². The van der Waals surface area contributed by atoms with E-state index in [9.17, 15) is 19.2 Å². The molecule has 0 aromatic heterocycles. The van der Waals surface area contributed by atoms with Crippen LogP contribution in [0.15, 0.2) is 0 Å². The molecule has 0 aliphatic heterocycles. The molecule has 20 heavy (non-hydrogen) atoms. The molecule has 0 spiro atoms. The first-order valence-corrected chi connectivity index (χ1v) is 5.98. The van der Waals surface area contributed by atoms with Gasteiger partial charge in [0.1, 0.15) is 13.2 Å². The van der Waals surface area contributed by atoms with E-state index in [0.29, 0.717) is 0 Å². The first-order chi connectivity index (χ1) is 9.31. The fourth-order valence-corrected chi connectivity index (χ4v) is 1.12. The monoisotopic (exact) mass is 289 g/mol. The van der Waals surface area contributed by atoms with Crippen LogP contribution in [0.2, 0.25) is 0 Å². The molecule has 4 amide bonds. The summed E-state index contributed by atoms with van der Waals surface area (Å²) in [6.07, 6.45) is 0.0926. The van der Waals surface area contributed by atoms with E-state index in [2.05, 4.69) is 15.4 Å². The Morgan fingerprint density at radius 2 is 1.75 bits per heavy atom. The summed E-state index contributed by atoms with van der Waals surface area (Å²) in [5.41, 5.74) is 0. The van der Waals surface area contributed by atoms with Crippen molar-refractivity contribution in [3.63, 3.8) is 0 Å². The maximum absolute atomic E-state index is 11.2. The second-order valence-corrected chi connectivity index (χ2v) is 4.16. The van der Waals surface area contributed by atoms with Crippen LogP contribution < -0.4 is 16.0 Å². The third-order valence-electron chi connectivity index (χ3n) is 1.80. The average molecular weight is 289 g/mol. The van der Waals surface area contributed by atoms with Crippen LogP contribution in [-0.2, 0) is 19.1 Å². The molecule has 4 N–H and O–H groups in total. The number of amides is 4. The molecule has 0 bridgehead atoms. The molecule has 9 nitrogen and oxygen atoms in total. The van der Waals surface area contributed by atoms with E-state index in [1.54, 1.807) is 0 Å². The van der Waals surface area contributed by atoms with Crippen molar-refractivity contribution in [2.24, 2.45) is 0 Å². The number of ether oxygens (including phenoxy) is 1. The summed E-state index contributed by atoms with van der Waals surface area (Å²) in [6.45, 7) is 2.55. The van der Waals surface area contributed by atoms with Crippen molar-refractivity contribution >= 4 is 23.8 Å². The lowest BCUT2D eigenvalue weighted by atomic mass is 10.3. The minimum atomic E-state index is -1.21. The average Bonchev–Trinajstić information content (AvgIpc) is 2.26. The van der Waals surface area contributed by atoms with Crippen LogP contribution in [0.1, 0.15) is 20.3 Å². The molecule has 0 saturated carbocycles. The quantitative estimate of drug-likeness (QED) is 0.445. The molecule has 0 aromatic carbocycles. The van der Waals surface area contributed by atoms with Gasteiger partial charge in [-0.05, 0) is 13.8 Å². The number of carboxylic acid groups (broad SMARTS) is 1. The predicted molar refractivity (Wildman–Crippen MR) is 67.9 cm³/mol. The topological polar surface area (TPSA) is 134 Å². The Kier molecular flexibility index (Phi) is 8.68. The number of aliphatic carboxylic acids is 1. The fraction of sp³-hybridized carbons (Fsp3) is 0.636. The summed E-state index contributed by atoms with van der Waals surface area (Å²) in [5, 5.41) is 15.2. The highest BCUT2D eigenvalue weighted by Crippen LogP contribution is 1.82. The van der Waals surface area contributed by atoms with E-state index in [4.69, 9.17) is 5.11 Å². The first-order valence-electron chi connectivity index (χ1n) is 5.98. The van der Waals surface area contributed by atoms with E-state index in [1.165, 1.54) is 0 Å². The molecule has 0 radical (unpaired) electrons. The second-order valence-electron chi connectivity index (χ2n) is 4.16. The molecule has 0 aliphatic rings. The SMILES string of the molecule is CC(C)NC(=O)CCNC(=O)NC(=O)COCC(=O)O. The van der Waals surface area contributed by atoms with Crippen molar-refractivity contribution in [3.8, 4) is 0 Å². The second kappa shape index (κ2) is 9.73. The standard InChI is InChI=1S/C11H19N3O6/c1-7(2)13-8(15)3-4-12-11(19)14-9(16)5-20-6-10(17)18/h7H,3-6H2,1-2H3,(H,13,15)(H,17,18)(H2,12,14,16,19). The Morgan fingerprint density at radius 1 is 1.10 bits per heavy atom. The van der Waals surface area contributed by atoms with Crippen LogP contribution in [0.4, 0.5) is 4.79 Å². The van der Waals surface area contributed by atoms with Gasteiger partial charge in [-0.15, -0.1) is 0 Å². The van der Waals surface area contributed by atoms with Gasteiger partial charge >= 0.3 is 12.0 Å². The first kappa shape index (κ1) is 17.8. The lowest BCUT2D eigenvalue weighted by Crippen LogP contribution is -2.42. The Hall–Kier alpha value is -2.16. The molecular weight excluding hydrogens is 270 g/mol. The summed E-state index contributed by atoms with van der Waals surface area (Å²) < 4.78 is 4.49. The Labute approximate surface area is 116 Å². The molecule has 0 fully saturated rings. The van der Waals surface area contributed by atoms with Crippen molar-refractivity contribution in [1.82, 2.24) is 16.0 Å². The number of urea groups is 1. The highest BCUT2D eigenvalue weighted by atomic mass is 16.5. The number of imide groups is 1. The maximum atomic E-state index is 11.2. The molecule has 0 unspecified atom stereocenters. The van der Waals surface area contributed by atoms with Crippen molar-refractivity contribution in [2.75, 3.05) is 19.8 Å². The molecule has 9 heteroatoms. The largest absolute Gasteiger partial charge is 0.480 e. The van der Waals surface area contributed by atoms with Crippen LogP contribution in [-0.4, -0.2) is 54.7 Å². The van der Waals surface area contributed by atoms with Crippen molar-refractivity contribution in [2.45, 2.75) is 26.3 Å². The lowest BCUT2D eigenvalue weighted by molar-refractivity contribution is -0.143. The van der Waals surface area contributed by atoms with Crippen LogP contribution in [0, 0.1) is 0 Å². The van der Waals surface area contributed by atoms with Crippen LogP contribution in [0.3, 0.4) is 0 Å². The fourth-order valence-electron chi connectivity index (χ4n) is 1.12. The number of hydrogen-bond acceptors (Lipinski definition) is 5. The van der Waals surface area contributed by atoms with Gasteiger partial charge in [0.15, 0.2) is 0 Å². The van der Waals surface area contributed by atoms with Crippen molar-refractivity contribution in [1.29, 1.82) is 0 Å². The normalized spacial score (nSPS) is 9.95. The smallest absolute Gasteiger partial charge is 0.329 e. The van der Waals surface area contributed by atoms with E-state index in [-0.39, 0.29) is 24.9 Å². The maximum Gasteiger partial charge on any atom is 0.329 e. The number of carbonyl (C=O) groups is 4. The number of carbonyl (C=O) groups excluding carboxylic acids is 3. The molecule has 0 aromatic rings. The molecule has 0 saturated heterocycles. The number of nitrogens with one attached hydrogen (secondary N) is 3. The minimum Gasteiger partial charge on any atom is -0.480 e. The molecule has 114 valence electrons. The Morgan fingerprint density at radius 3 is 2.30 bits per heavy atom. The zero-order chi connectivity index (χ0) is 15.5. The lowest BCUT2D eigenvalue weighted by Gasteiger charge is -2.09. The molecule has 0 aliphatic carbocycles. The van der Waals surface area contributed by atoms with E-state index >= 15 is 0 Å². The molecular formula is C11H19N3O6. The third kappa shape index (κ3) is 11.0. The molecule has 0 rings (SSSR count). The number of rotatable bonds is 8. The summed E-state index contributed by atoms with van der Waals surface area (Å²) in [6, 6.07) is -0.754. The van der Waals surface area contributed by atoms with E-state index in [0.717, 1.165) is 0 Å². The van der Waals surface area contributed by atoms with E-state index < -0.39 is 31.1 Å². The zero-order valence-electron chi connectivity index (χ0n) is 11.4. The van der Waals surface area contributed by atoms with E-state index in [1.807, 2.05) is 19.2 Å². The van der Waals surface area contributed by atoms with Gasteiger partial charge in [-0.3, -0.25) is 14.9 Å². The van der Waals surface area contributed by atoms with Crippen LogP contribution >= 0.6 is 0 Å². The summed E-state index contributed by atoms with van der Waals surface area (Å²) in [7, 11) is 0. The summed E-state index contributed by atoms with van der Waals surface area (Å²) >= 11 is 0. The molecule has 0 atom stereocenters. The number of carboxylic acids is 1. The van der Waals surface area contributed by atoms with Gasteiger partial charge in [0, 0.05) is 19.0 Å². The highest BCUT2D eigenvalue weighted by Gasteiger charge is 2.09. The van der Waals surface area contributed by atoms with Crippen molar-refractivity contribution < 1.29 is 29.0 Å². The van der Waals surface area contributed by atoms with Crippen LogP contribution in [0.25, 0.3) is 0 Å².